The Balaban J connectivity index is 1.45. The average Bonchev–Trinajstić information content (AvgIpc) is 3.39. The number of aromatic nitrogens is 3. The van der Waals surface area contributed by atoms with Gasteiger partial charge in [0.15, 0.2) is 0 Å². The van der Waals surface area contributed by atoms with E-state index in [9.17, 15) is 8.42 Å². The summed E-state index contributed by atoms with van der Waals surface area (Å²) >= 11 is 0. The summed E-state index contributed by atoms with van der Waals surface area (Å²) in [6.07, 6.45) is 3.25. The molecule has 0 saturated heterocycles. The van der Waals surface area contributed by atoms with Gasteiger partial charge in [-0.3, -0.25) is 0 Å². The van der Waals surface area contributed by atoms with Gasteiger partial charge >= 0.3 is 0 Å². The van der Waals surface area contributed by atoms with Crippen LogP contribution in [0.5, 0.6) is 0 Å². The molecule has 2 aromatic heterocycles. The van der Waals surface area contributed by atoms with Crippen molar-refractivity contribution in [1.29, 1.82) is 5.26 Å². The van der Waals surface area contributed by atoms with Gasteiger partial charge < -0.3 is 9.88 Å². The van der Waals surface area contributed by atoms with Gasteiger partial charge in [-0.2, -0.15) is 5.26 Å². The SMILES string of the molecule is Cn1c(CNc2ccc(C#N)cc2)nc2cc(S(=O)(=O)n3cc4ccccc4c3)ccc21. The normalized spacial score (nSPS) is 11.6. The quantitative estimate of drug-likeness (QED) is 0.440. The van der Waals surface area contributed by atoms with E-state index in [-0.39, 0.29) is 4.90 Å². The van der Waals surface area contributed by atoms with Gasteiger partial charge in [0.2, 0.25) is 0 Å². The van der Waals surface area contributed by atoms with Crippen LogP contribution < -0.4 is 5.32 Å². The molecule has 0 radical (unpaired) electrons. The summed E-state index contributed by atoms with van der Waals surface area (Å²) < 4.78 is 29.6. The van der Waals surface area contributed by atoms with Crippen molar-refractivity contribution < 1.29 is 8.42 Å². The molecule has 5 aromatic rings. The fourth-order valence-electron chi connectivity index (χ4n) is 3.71. The van der Waals surface area contributed by atoms with Crippen molar-refractivity contribution in [3.8, 4) is 6.07 Å². The van der Waals surface area contributed by atoms with E-state index in [4.69, 9.17) is 5.26 Å². The van der Waals surface area contributed by atoms with E-state index in [2.05, 4.69) is 16.4 Å². The third-order valence-electron chi connectivity index (χ3n) is 5.51. The molecule has 0 spiro atoms. The lowest BCUT2D eigenvalue weighted by molar-refractivity contribution is 0.588. The first-order chi connectivity index (χ1) is 15.5. The van der Waals surface area contributed by atoms with Crippen molar-refractivity contribution in [3.63, 3.8) is 0 Å². The number of fused-ring (bicyclic) bond motifs is 2. The Kier molecular flexibility index (Phi) is 4.68. The fraction of sp³-hybridized carbons (Fsp3) is 0.0833. The van der Waals surface area contributed by atoms with Crippen molar-refractivity contribution in [3.05, 3.63) is 90.5 Å². The van der Waals surface area contributed by atoms with Crippen LogP contribution in [0, 0.1) is 11.3 Å². The Morgan fingerprint density at radius 1 is 1.00 bits per heavy atom. The second-order valence-electron chi connectivity index (χ2n) is 7.50. The molecule has 3 aromatic carbocycles. The van der Waals surface area contributed by atoms with Crippen LogP contribution in [0.4, 0.5) is 5.69 Å². The zero-order valence-electron chi connectivity index (χ0n) is 17.2. The maximum absolute atomic E-state index is 13.2. The molecule has 1 N–H and O–H groups in total. The number of hydrogen-bond donors (Lipinski definition) is 1. The van der Waals surface area contributed by atoms with Crippen LogP contribution in [0.15, 0.2) is 84.0 Å². The lowest BCUT2D eigenvalue weighted by atomic mass is 10.2. The van der Waals surface area contributed by atoms with Crippen LogP contribution >= 0.6 is 0 Å². The summed E-state index contributed by atoms with van der Waals surface area (Å²) in [6.45, 7) is 0.460. The average molecular weight is 442 g/mol. The van der Waals surface area contributed by atoms with Gasteiger partial charge in [0, 0.05) is 35.9 Å². The number of imidazole rings is 1. The number of hydrogen-bond acceptors (Lipinski definition) is 5. The topological polar surface area (TPSA) is 92.7 Å². The maximum Gasteiger partial charge on any atom is 0.267 e. The number of anilines is 1. The monoisotopic (exact) mass is 441 g/mol. The molecule has 2 heterocycles. The highest BCUT2D eigenvalue weighted by molar-refractivity contribution is 7.90. The maximum atomic E-state index is 13.2. The van der Waals surface area contributed by atoms with E-state index in [0.717, 1.165) is 27.8 Å². The molecule has 158 valence electrons. The van der Waals surface area contributed by atoms with Crippen LogP contribution in [0.3, 0.4) is 0 Å². The van der Waals surface area contributed by atoms with Gasteiger partial charge in [-0.25, -0.2) is 17.4 Å². The van der Waals surface area contributed by atoms with Gasteiger partial charge in [0.25, 0.3) is 10.0 Å². The molecule has 0 bridgehead atoms. The van der Waals surface area contributed by atoms with E-state index in [1.54, 1.807) is 42.7 Å². The molecule has 0 aliphatic carbocycles. The summed E-state index contributed by atoms with van der Waals surface area (Å²) in [4.78, 5) is 4.84. The molecular formula is C24H19N5O2S. The number of nitrogens with one attached hydrogen (secondary N) is 1. The molecule has 0 amide bonds. The molecule has 0 atom stereocenters. The highest BCUT2D eigenvalue weighted by atomic mass is 32.2. The van der Waals surface area contributed by atoms with Crippen LogP contribution in [0.2, 0.25) is 0 Å². The van der Waals surface area contributed by atoms with Crippen LogP contribution in [0.1, 0.15) is 11.4 Å². The van der Waals surface area contributed by atoms with Crippen LogP contribution in [-0.4, -0.2) is 21.9 Å². The van der Waals surface area contributed by atoms with Crippen molar-refractivity contribution in [1.82, 2.24) is 13.5 Å². The number of nitrogens with zero attached hydrogens (tertiary/aromatic N) is 4. The second-order valence-corrected chi connectivity index (χ2v) is 9.35. The number of aryl methyl sites for hydroxylation is 1. The lowest BCUT2D eigenvalue weighted by Gasteiger charge is -2.07. The largest absolute Gasteiger partial charge is 0.378 e. The zero-order chi connectivity index (χ0) is 22.3. The minimum atomic E-state index is -3.73. The third kappa shape index (κ3) is 3.39. The van der Waals surface area contributed by atoms with Crippen LogP contribution in [-0.2, 0) is 23.6 Å². The van der Waals surface area contributed by atoms with Crippen molar-refractivity contribution in [2.24, 2.45) is 7.05 Å². The van der Waals surface area contributed by atoms with Gasteiger partial charge in [0.05, 0.1) is 34.1 Å². The molecule has 8 heteroatoms. The van der Waals surface area contributed by atoms with E-state index in [1.807, 2.05) is 48.0 Å². The highest BCUT2D eigenvalue weighted by Gasteiger charge is 2.19. The number of rotatable bonds is 5. The van der Waals surface area contributed by atoms with E-state index < -0.39 is 10.0 Å². The lowest BCUT2D eigenvalue weighted by Crippen LogP contribution is -2.10. The molecule has 5 rings (SSSR count). The summed E-state index contributed by atoms with van der Waals surface area (Å²) in [5, 5.41) is 13.9. The Labute approximate surface area is 185 Å². The van der Waals surface area contributed by atoms with Gasteiger partial charge in [-0.1, -0.05) is 24.3 Å². The standard InChI is InChI=1S/C24H19N5O2S/c1-28-23-11-10-21(32(30,31)29-15-18-4-2-3-5-19(18)16-29)12-22(23)27-24(28)14-26-20-8-6-17(13-25)7-9-20/h2-12,15-16,26H,14H2,1H3. The highest BCUT2D eigenvalue weighted by Crippen LogP contribution is 2.24. The fourth-order valence-corrected chi connectivity index (χ4v) is 4.96. The van der Waals surface area contributed by atoms with E-state index >= 15 is 0 Å². The molecule has 32 heavy (non-hydrogen) atoms. The van der Waals surface area contributed by atoms with Crippen molar-refractivity contribution in [2.45, 2.75) is 11.4 Å². The first kappa shape index (κ1) is 19.8. The minimum absolute atomic E-state index is 0.190. The molecular weight excluding hydrogens is 422 g/mol. The van der Waals surface area contributed by atoms with Crippen molar-refractivity contribution in [2.75, 3.05) is 5.32 Å². The predicted octanol–water partition coefficient (Wildman–Crippen LogP) is 4.25. The van der Waals surface area contributed by atoms with Crippen LogP contribution in [0.25, 0.3) is 21.8 Å². The Hall–Kier alpha value is -4.09. The summed E-state index contributed by atoms with van der Waals surface area (Å²) in [5.74, 6) is 0.769. The van der Waals surface area contributed by atoms with Gasteiger partial charge in [0.1, 0.15) is 5.82 Å². The van der Waals surface area contributed by atoms with E-state index in [0.29, 0.717) is 17.6 Å². The molecule has 0 aliphatic rings. The first-order valence-corrected chi connectivity index (χ1v) is 11.4. The molecule has 0 aliphatic heterocycles. The summed E-state index contributed by atoms with van der Waals surface area (Å²) in [7, 11) is -1.83. The molecule has 0 fully saturated rings. The van der Waals surface area contributed by atoms with E-state index in [1.165, 1.54) is 3.97 Å². The summed E-state index contributed by atoms with van der Waals surface area (Å²) in [5.41, 5.74) is 2.93. The second kappa shape index (κ2) is 7.55. The Morgan fingerprint density at radius 2 is 1.69 bits per heavy atom. The molecule has 0 saturated carbocycles. The van der Waals surface area contributed by atoms with Gasteiger partial charge in [-0.05, 0) is 42.5 Å². The Morgan fingerprint density at radius 3 is 2.34 bits per heavy atom. The Bertz CT molecular complexity index is 1570. The summed E-state index contributed by atoms with van der Waals surface area (Å²) in [6, 6.07) is 21.8. The molecule has 7 nitrogen and oxygen atoms in total. The number of nitriles is 1. The first-order valence-electron chi connectivity index (χ1n) is 9.97. The van der Waals surface area contributed by atoms with Crippen molar-refractivity contribution >= 4 is 37.5 Å². The molecule has 0 unspecified atom stereocenters. The predicted molar refractivity (Wildman–Crippen MR) is 124 cm³/mol. The number of benzene rings is 3. The van der Waals surface area contributed by atoms with Gasteiger partial charge in [-0.15, -0.1) is 0 Å². The zero-order valence-corrected chi connectivity index (χ0v) is 18.0. The minimum Gasteiger partial charge on any atom is -0.378 e. The smallest absolute Gasteiger partial charge is 0.267 e. The third-order valence-corrected chi connectivity index (χ3v) is 7.13.